The van der Waals surface area contributed by atoms with Gasteiger partial charge in [-0.1, -0.05) is 30.3 Å². The number of anilines is 2. The zero-order chi connectivity index (χ0) is 18.7. The number of ether oxygens (including phenoxy) is 1. The van der Waals surface area contributed by atoms with Gasteiger partial charge in [0.1, 0.15) is 6.42 Å². The molecule has 0 bridgehead atoms. The summed E-state index contributed by atoms with van der Waals surface area (Å²) in [5, 5.41) is 2.63. The lowest BCUT2D eigenvalue weighted by molar-refractivity contribution is -0.125. The summed E-state index contributed by atoms with van der Waals surface area (Å²) < 4.78 is 4.71. The number of fused-ring (bicyclic) bond motifs is 1. The summed E-state index contributed by atoms with van der Waals surface area (Å²) in [5.41, 5.74) is 2.53. The highest BCUT2D eigenvalue weighted by molar-refractivity contribution is 6.11. The van der Waals surface area contributed by atoms with Gasteiger partial charge in [-0.05, 0) is 37.1 Å². The number of esters is 1. The summed E-state index contributed by atoms with van der Waals surface area (Å²) >= 11 is 0. The number of para-hydroxylation sites is 2. The molecular weight excluding hydrogens is 332 g/mol. The van der Waals surface area contributed by atoms with Gasteiger partial charge in [0.15, 0.2) is 0 Å². The van der Waals surface area contributed by atoms with E-state index in [1.165, 1.54) is 7.11 Å². The molecular formula is C20H20N2O4. The van der Waals surface area contributed by atoms with E-state index in [9.17, 15) is 14.4 Å². The van der Waals surface area contributed by atoms with Crippen LogP contribution in [0, 0.1) is 0 Å². The average Bonchev–Trinajstić information content (AvgIpc) is 2.97. The molecule has 0 saturated carbocycles. The normalized spacial score (nSPS) is 15.3. The van der Waals surface area contributed by atoms with Gasteiger partial charge in [0.25, 0.3) is 0 Å². The van der Waals surface area contributed by atoms with Crippen molar-refractivity contribution in [3.05, 3.63) is 59.7 Å². The van der Waals surface area contributed by atoms with Crippen molar-refractivity contribution >= 4 is 29.2 Å². The molecule has 2 amide bonds. The molecule has 1 N–H and O–H groups in total. The van der Waals surface area contributed by atoms with Gasteiger partial charge in [-0.25, -0.2) is 4.79 Å². The fraction of sp³-hybridized carbons (Fsp3) is 0.250. The largest absolute Gasteiger partial charge is 0.465 e. The first kappa shape index (κ1) is 17.7. The summed E-state index contributed by atoms with van der Waals surface area (Å²) in [6.07, 6.45) is 0.475. The Morgan fingerprint density at radius 2 is 1.81 bits per heavy atom. The van der Waals surface area contributed by atoms with Gasteiger partial charge in [-0.3, -0.25) is 9.59 Å². The molecule has 1 heterocycles. The number of carbonyl (C=O) groups is 3. The Morgan fingerprint density at radius 1 is 1.12 bits per heavy atom. The first-order valence-electron chi connectivity index (χ1n) is 8.38. The van der Waals surface area contributed by atoms with Crippen LogP contribution in [-0.2, 0) is 20.7 Å². The van der Waals surface area contributed by atoms with Crippen molar-refractivity contribution in [3.63, 3.8) is 0 Å². The van der Waals surface area contributed by atoms with Gasteiger partial charge in [-0.2, -0.15) is 0 Å². The monoisotopic (exact) mass is 352 g/mol. The van der Waals surface area contributed by atoms with Gasteiger partial charge in [-0.15, -0.1) is 0 Å². The third-order valence-electron chi connectivity index (χ3n) is 4.39. The molecule has 6 heteroatoms. The van der Waals surface area contributed by atoms with Crippen molar-refractivity contribution in [2.45, 2.75) is 25.8 Å². The zero-order valence-corrected chi connectivity index (χ0v) is 14.7. The molecule has 2 aromatic rings. The molecule has 1 aliphatic rings. The van der Waals surface area contributed by atoms with E-state index in [4.69, 9.17) is 4.74 Å². The van der Waals surface area contributed by atoms with E-state index in [0.29, 0.717) is 5.69 Å². The van der Waals surface area contributed by atoms with E-state index >= 15 is 0 Å². The Morgan fingerprint density at radius 3 is 2.58 bits per heavy atom. The van der Waals surface area contributed by atoms with Crippen LogP contribution in [0.2, 0.25) is 0 Å². The quantitative estimate of drug-likeness (QED) is 0.678. The topological polar surface area (TPSA) is 75.7 Å². The SMILES string of the molecule is COC(=O)c1ccccc1NC(=O)CC(=O)N1c2ccccc2CC1C. The van der Waals surface area contributed by atoms with Crippen molar-refractivity contribution in [3.8, 4) is 0 Å². The molecule has 1 aliphatic heterocycles. The molecule has 0 fully saturated rings. The van der Waals surface area contributed by atoms with Crippen LogP contribution in [0.15, 0.2) is 48.5 Å². The van der Waals surface area contributed by atoms with E-state index in [2.05, 4.69) is 5.32 Å². The van der Waals surface area contributed by atoms with Crippen molar-refractivity contribution < 1.29 is 19.1 Å². The fourth-order valence-corrected chi connectivity index (χ4v) is 3.24. The number of rotatable bonds is 4. The second-order valence-corrected chi connectivity index (χ2v) is 6.21. The van der Waals surface area contributed by atoms with Crippen LogP contribution >= 0.6 is 0 Å². The number of methoxy groups -OCH3 is 1. The van der Waals surface area contributed by atoms with Crippen LogP contribution in [-0.4, -0.2) is 30.9 Å². The Hall–Kier alpha value is -3.15. The Bertz CT molecular complexity index is 862. The lowest BCUT2D eigenvalue weighted by Crippen LogP contribution is -2.37. The molecule has 0 saturated heterocycles. The van der Waals surface area contributed by atoms with Gasteiger partial charge < -0.3 is 15.0 Å². The molecule has 0 aromatic heterocycles. The second-order valence-electron chi connectivity index (χ2n) is 6.21. The number of hydrogen-bond donors (Lipinski definition) is 1. The lowest BCUT2D eigenvalue weighted by atomic mass is 10.1. The molecule has 1 unspecified atom stereocenters. The number of nitrogens with one attached hydrogen (secondary N) is 1. The van der Waals surface area contributed by atoms with E-state index in [-0.39, 0.29) is 23.9 Å². The van der Waals surface area contributed by atoms with Crippen LogP contribution in [0.3, 0.4) is 0 Å². The third-order valence-corrected chi connectivity index (χ3v) is 4.39. The Balaban J connectivity index is 1.72. The maximum absolute atomic E-state index is 12.7. The van der Waals surface area contributed by atoms with E-state index < -0.39 is 11.9 Å². The lowest BCUT2D eigenvalue weighted by Gasteiger charge is -2.22. The maximum Gasteiger partial charge on any atom is 0.339 e. The standard InChI is InChI=1S/C20H20N2O4/c1-13-11-14-7-3-6-10-17(14)22(13)19(24)12-18(23)21-16-9-5-4-8-15(16)20(25)26-2/h3-10,13H,11-12H2,1-2H3,(H,21,23). The Kier molecular flexibility index (Phi) is 5.02. The number of amides is 2. The molecule has 0 radical (unpaired) electrons. The van der Waals surface area contributed by atoms with Crippen molar-refractivity contribution in [1.29, 1.82) is 0 Å². The van der Waals surface area contributed by atoms with E-state index in [0.717, 1.165) is 17.7 Å². The molecule has 0 aliphatic carbocycles. The van der Waals surface area contributed by atoms with E-state index in [1.807, 2.05) is 31.2 Å². The average molecular weight is 352 g/mol. The van der Waals surface area contributed by atoms with Crippen molar-refractivity contribution in [2.24, 2.45) is 0 Å². The molecule has 3 rings (SSSR count). The molecule has 0 spiro atoms. The number of nitrogens with zero attached hydrogens (tertiary/aromatic N) is 1. The van der Waals surface area contributed by atoms with Gasteiger partial charge in [0.2, 0.25) is 11.8 Å². The highest BCUT2D eigenvalue weighted by Gasteiger charge is 2.31. The van der Waals surface area contributed by atoms with Gasteiger partial charge in [0.05, 0.1) is 18.4 Å². The van der Waals surface area contributed by atoms with E-state index in [1.54, 1.807) is 29.2 Å². The summed E-state index contributed by atoms with van der Waals surface area (Å²) in [7, 11) is 1.27. The highest BCUT2D eigenvalue weighted by Crippen LogP contribution is 2.32. The predicted octanol–water partition coefficient (Wildman–Crippen LogP) is 2.78. The first-order valence-corrected chi connectivity index (χ1v) is 8.38. The molecule has 26 heavy (non-hydrogen) atoms. The molecule has 6 nitrogen and oxygen atoms in total. The van der Waals surface area contributed by atoms with Crippen LogP contribution in [0.1, 0.15) is 29.3 Å². The summed E-state index contributed by atoms with van der Waals surface area (Å²) in [6, 6.07) is 14.2. The fourth-order valence-electron chi connectivity index (χ4n) is 3.24. The van der Waals surface area contributed by atoms with Crippen LogP contribution in [0.4, 0.5) is 11.4 Å². The Labute approximate surface area is 151 Å². The number of carbonyl (C=O) groups excluding carboxylic acids is 3. The summed E-state index contributed by atoms with van der Waals surface area (Å²) in [6.45, 7) is 1.96. The van der Waals surface area contributed by atoms with Crippen molar-refractivity contribution in [1.82, 2.24) is 0 Å². The first-order chi connectivity index (χ1) is 12.5. The van der Waals surface area contributed by atoms with Crippen LogP contribution in [0.5, 0.6) is 0 Å². The van der Waals surface area contributed by atoms with Crippen LogP contribution in [0.25, 0.3) is 0 Å². The second kappa shape index (κ2) is 7.39. The summed E-state index contributed by atoms with van der Waals surface area (Å²) in [5.74, 6) is -1.28. The predicted molar refractivity (Wildman–Crippen MR) is 98.1 cm³/mol. The van der Waals surface area contributed by atoms with Crippen molar-refractivity contribution in [2.75, 3.05) is 17.3 Å². The molecule has 134 valence electrons. The minimum absolute atomic E-state index is 0.00931. The zero-order valence-electron chi connectivity index (χ0n) is 14.7. The van der Waals surface area contributed by atoms with Gasteiger partial charge in [0, 0.05) is 11.7 Å². The molecule has 2 aromatic carbocycles. The minimum Gasteiger partial charge on any atom is -0.465 e. The maximum atomic E-state index is 12.7. The van der Waals surface area contributed by atoms with Gasteiger partial charge >= 0.3 is 5.97 Å². The molecule has 1 atom stereocenters. The minimum atomic E-state index is -0.547. The number of benzene rings is 2. The smallest absolute Gasteiger partial charge is 0.339 e. The summed E-state index contributed by atoms with van der Waals surface area (Å²) in [4.78, 5) is 38.5. The highest BCUT2D eigenvalue weighted by atomic mass is 16.5. The third kappa shape index (κ3) is 3.44. The number of hydrogen-bond acceptors (Lipinski definition) is 4. The van der Waals surface area contributed by atoms with Crippen LogP contribution < -0.4 is 10.2 Å².